The molecule has 2 atom stereocenters. The van der Waals surface area contributed by atoms with Gasteiger partial charge in [-0.25, -0.2) is 8.42 Å². The smallest absolute Gasteiger partial charge is 0.257 e. The summed E-state index contributed by atoms with van der Waals surface area (Å²) >= 11 is 5.83. The van der Waals surface area contributed by atoms with Gasteiger partial charge in [-0.2, -0.15) is 0 Å². The lowest BCUT2D eigenvalue weighted by Gasteiger charge is -2.44. The van der Waals surface area contributed by atoms with E-state index in [0.717, 1.165) is 6.54 Å². The molecule has 2 heterocycles. The third-order valence-corrected chi connectivity index (χ3v) is 6.78. The maximum Gasteiger partial charge on any atom is 0.257 e. The fraction of sp³-hybridized carbons (Fsp3) is 0.588. The highest BCUT2D eigenvalue weighted by Crippen LogP contribution is 2.31. The van der Waals surface area contributed by atoms with E-state index in [-0.39, 0.29) is 40.8 Å². The number of phenols is 1. The van der Waals surface area contributed by atoms with Crippen LogP contribution in [0.2, 0.25) is 5.02 Å². The monoisotopic (exact) mass is 386 g/mol. The Labute approximate surface area is 153 Å². The molecule has 0 aliphatic carbocycles. The molecule has 2 saturated heterocycles. The van der Waals surface area contributed by atoms with Crippen molar-refractivity contribution >= 4 is 27.3 Å². The Morgan fingerprint density at radius 3 is 2.60 bits per heavy atom. The molecule has 0 saturated carbocycles. The van der Waals surface area contributed by atoms with E-state index in [1.165, 1.54) is 12.1 Å². The first-order chi connectivity index (χ1) is 11.7. The maximum absolute atomic E-state index is 12.9. The summed E-state index contributed by atoms with van der Waals surface area (Å²) in [6.07, 6.45) is 0. The van der Waals surface area contributed by atoms with Gasteiger partial charge in [0.15, 0.2) is 9.84 Å². The maximum atomic E-state index is 12.9. The number of phenolic OH excluding ortho intramolecular Hbond substituents is 1. The Bertz CT molecular complexity index is 781. The third-order valence-electron chi connectivity index (χ3n) is 4.84. The summed E-state index contributed by atoms with van der Waals surface area (Å²) in [6, 6.07) is 3.80. The second kappa shape index (κ2) is 6.78. The third kappa shape index (κ3) is 3.78. The number of benzene rings is 1. The second-order valence-corrected chi connectivity index (χ2v) is 9.85. The molecule has 1 aromatic carbocycles. The van der Waals surface area contributed by atoms with E-state index in [9.17, 15) is 18.3 Å². The molecule has 8 heteroatoms. The number of carbonyl (C=O) groups is 1. The lowest BCUT2D eigenvalue weighted by atomic mass is 10.0. The summed E-state index contributed by atoms with van der Waals surface area (Å²) in [5.41, 5.74) is 0.157. The molecule has 1 amide bonds. The Morgan fingerprint density at radius 2 is 1.96 bits per heavy atom. The molecular weight excluding hydrogens is 364 g/mol. The summed E-state index contributed by atoms with van der Waals surface area (Å²) in [5.74, 6) is -0.0379. The average Bonchev–Trinajstić information content (AvgIpc) is 2.82. The highest BCUT2D eigenvalue weighted by Gasteiger charge is 2.48. The first kappa shape index (κ1) is 18.5. The van der Waals surface area contributed by atoms with Crippen LogP contribution in [0.3, 0.4) is 0 Å². The summed E-state index contributed by atoms with van der Waals surface area (Å²) < 4.78 is 24.4. The fourth-order valence-electron chi connectivity index (χ4n) is 3.81. The van der Waals surface area contributed by atoms with E-state index in [0.29, 0.717) is 24.0 Å². The minimum atomic E-state index is -3.18. The average molecular weight is 387 g/mol. The molecule has 0 spiro atoms. The largest absolute Gasteiger partial charge is 0.507 e. The highest BCUT2D eigenvalue weighted by atomic mass is 35.5. The second-order valence-electron chi connectivity index (χ2n) is 7.26. The topological polar surface area (TPSA) is 77.9 Å². The number of sulfone groups is 1. The van der Waals surface area contributed by atoms with Gasteiger partial charge in [0.2, 0.25) is 0 Å². The zero-order valence-electron chi connectivity index (χ0n) is 14.4. The van der Waals surface area contributed by atoms with Crippen LogP contribution in [-0.2, 0) is 9.84 Å². The van der Waals surface area contributed by atoms with Gasteiger partial charge in [-0.3, -0.25) is 9.69 Å². The van der Waals surface area contributed by atoms with Crippen molar-refractivity contribution in [1.29, 1.82) is 0 Å². The number of halogens is 1. The molecule has 1 N–H and O–H groups in total. The van der Waals surface area contributed by atoms with E-state index < -0.39 is 9.84 Å². The van der Waals surface area contributed by atoms with Gasteiger partial charge in [-0.15, -0.1) is 0 Å². The fourth-order valence-corrected chi connectivity index (χ4v) is 5.99. The minimum absolute atomic E-state index is 0.0215. The number of piperazine rings is 1. The quantitative estimate of drug-likeness (QED) is 0.854. The van der Waals surface area contributed by atoms with Crippen molar-refractivity contribution in [3.63, 3.8) is 0 Å². The van der Waals surface area contributed by atoms with Crippen molar-refractivity contribution in [2.45, 2.75) is 25.9 Å². The van der Waals surface area contributed by atoms with Gasteiger partial charge in [-0.1, -0.05) is 25.4 Å². The number of fused-ring (bicyclic) bond motifs is 1. The van der Waals surface area contributed by atoms with Crippen molar-refractivity contribution in [1.82, 2.24) is 9.80 Å². The van der Waals surface area contributed by atoms with Gasteiger partial charge < -0.3 is 10.0 Å². The van der Waals surface area contributed by atoms with Crippen LogP contribution in [0.15, 0.2) is 18.2 Å². The molecule has 0 radical (unpaired) electrons. The summed E-state index contributed by atoms with van der Waals surface area (Å²) in [7, 11) is -3.18. The molecule has 0 bridgehead atoms. The van der Waals surface area contributed by atoms with Crippen LogP contribution in [0.25, 0.3) is 0 Å². The number of hydrogen-bond donors (Lipinski definition) is 1. The van der Waals surface area contributed by atoms with Crippen LogP contribution >= 0.6 is 11.6 Å². The Hall–Kier alpha value is -1.31. The molecule has 138 valence electrons. The zero-order chi connectivity index (χ0) is 18.4. The summed E-state index contributed by atoms with van der Waals surface area (Å²) in [4.78, 5) is 16.7. The Balaban J connectivity index is 1.89. The lowest BCUT2D eigenvalue weighted by molar-refractivity contribution is 0.0295. The molecule has 2 fully saturated rings. The first-order valence-corrected chi connectivity index (χ1v) is 10.6. The summed E-state index contributed by atoms with van der Waals surface area (Å²) in [6.45, 7) is 6.09. The van der Waals surface area contributed by atoms with Gasteiger partial charge in [0.1, 0.15) is 5.75 Å². The molecule has 25 heavy (non-hydrogen) atoms. The van der Waals surface area contributed by atoms with Crippen LogP contribution in [-0.4, -0.2) is 72.5 Å². The highest BCUT2D eigenvalue weighted by molar-refractivity contribution is 7.91. The minimum Gasteiger partial charge on any atom is -0.507 e. The predicted molar refractivity (Wildman–Crippen MR) is 96.8 cm³/mol. The van der Waals surface area contributed by atoms with Gasteiger partial charge >= 0.3 is 0 Å². The number of carbonyl (C=O) groups excluding carboxylic acids is 1. The van der Waals surface area contributed by atoms with Crippen LogP contribution in [0.5, 0.6) is 5.75 Å². The number of rotatable bonds is 3. The number of amides is 1. The van der Waals surface area contributed by atoms with Crippen LogP contribution in [0.4, 0.5) is 0 Å². The van der Waals surface area contributed by atoms with Crippen molar-refractivity contribution < 1.29 is 18.3 Å². The van der Waals surface area contributed by atoms with Crippen LogP contribution < -0.4 is 0 Å². The van der Waals surface area contributed by atoms with Gasteiger partial charge in [-0.05, 0) is 24.1 Å². The first-order valence-electron chi connectivity index (χ1n) is 8.42. The molecule has 2 aliphatic rings. The predicted octanol–water partition coefficient (Wildman–Crippen LogP) is 1.62. The normalized spacial score (nSPS) is 26.0. The van der Waals surface area contributed by atoms with Crippen molar-refractivity contribution in [2.24, 2.45) is 5.92 Å². The summed E-state index contributed by atoms with van der Waals surface area (Å²) in [5, 5.41) is 10.4. The number of hydrogen-bond acceptors (Lipinski definition) is 5. The molecule has 2 aliphatic heterocycles. The number of nitrogens with zero attached hydrogens (tertiary/aromatic N) is 2. The van der Waals surface area contributed by atoms with E-state index in [4.69, 9.17) is 11.6 Å². The van der Waals surface area contributed by atoms with Crippen molar-refractivity contribution in [3.05, 3.63) is 28.8 Å². The van der Waals surface area contributed by atoms with Crippen molar-refractivity contribution in [3.8, 4) is 5.75 Å². The van der Waals surface area contributed by atoms with E-state index in [1.54, 1.807) is 11.0 Å². The van der Waals surface area contributed by atoms with Crippen LogP contribution in [0, 0.1) is 5.92 Å². The SMILES string of the molecule is CC(C)CN1CCN(C(=O)c2ccc(Cl)cc2O)[C@@H]2CS(=O)(=O)C[C@@H]21. The van der Waals surface area contributed by atoms with Crippen LogP contribution in [0.1, 0.15) is 24.2 Å². The van der Waals surface area contributed by atoms with Gasteiger partial charge in [0.25, 0.3) is 5.91 Å². The molecule has 3 rings (SSSR count). The van der Waals surface area contributed by atoms with E-state index in [1.807, 2.05) is 0 Å². The van der Waals surface area contributed by atoms with E-state index in [2.05, 4.69) is 18.7 Å². The Kier molecular flexibility index (Phi) is 5.01. The molecule has 1 aromatic rings. The molecular formula is C17H23ClN2O4S. The molecule has 6 nitrogen and oxygen atoms in total. The van der Waals surface area contributed by atoms with Gasteiger partial charge in [0.05, 0.1) is 23.1 Å². The number of aromatic hydroxyl groups is 1. The Morgan fingerprint density at radius 1 is 1.28 bits per heavy atom. The zero-order valence-corrected chi connectivity index (χ0v) is 15.9. The van der Waals surface area contributed by atoms with Crippen molar-refractivity contribution in [2.75, 3.05) is 31.1 Å². The molecule has 0 unspecified atom stereocenters. The standard InChI is InChI=1S/C17H23ClN2O4S/c1-11(2)8-19-5-6-20(15-10-25(23,24)9-14(15)19)17(22)13-4-3-12(18)7-16(13)21/h3-4,7,11,14-15,21H,5-6,8-10H2,1-2H3/t14-,15+/m0/s1. The lowest BCUT2D eigenvalue weighted by Crippen LogP contribution is -2.61. The van der Waals surface area contributed by atoms with E-state index >= 15 is 0 Å². The van der Waals surface area contributed by atoms with Gasteiger partial charge in [0, 0.05) is 30.7 Å². The molecule has 0 aromatic heterocycles.